The van der Waals surface area contributed by atoms with Gasteiger partial charge in [-0.1, -0.05) is 32.6 Å². The zero-order valence-corrected chi connectivity index (χ0v) is 10.7. The van der Waals surface area contributed by atoms with Gasteiger partial charge in [0.05, 0.1) is 19.1 Å². The number of morpholine rings is 1. The molecule has 0 saturated carbocycles. The molecule has 3 heteroatoms. The third kappa shape index (κ3) is 2.35. The molecule has 0 amide bonds. The highest BCUT2D eigenvalue weighted by molar-refractivity contribution is 5.63. The van der Waals surface area contributed by atoms with E-state index in [1.807, 2.05) is 6.08 Å². The predicted octanol–water partition coefficient (Wildman–Crippen LogP) is 1.65. The number of allylic oxidation sites excluding steroid dienone is 1. The fourth-order valence-electron chi connectivity index (χ4n) is 2.90. The minimum absolute atomic E-state index is 0.0356. The van der Waals surface area contributed by atoms with Crippen LogP contribution in [0.4, 0.5) is 0 Å². The second-order valence-corrected chi connectivity index (χ2v) is 5.47. The molecular formula is C14H21NO2. The molecule has 1 heterocycles. The van der Waals surface area contributed by atoms with Crippen LogP contribution in [-0.2, 0) is 9.53 Å². The Balaban J connectivity index is 2.25. The Morgan fingerprint density at radius 3 is 2.71 bits per heavy atom. The Bertz CT molecular complexity index is 340. The first-order valence-electron chi connectivity index (χ1n) is 6.21. The van der Waals surface area contributed by atoms with Gasteiger partial charge in [0.1, 0.15) is 6.29 Å². The van der Waals surface area contributed by atoms with Crippen LogP contribution in [0.15, 0.2) is 24.3 Å². The van der Waals surface area contributed by atoms with Crippen molar-refractivity contribution in [3.05, 3.63) is 24.3 Å². The lowest BCUT2D eigenvalue weighted by atomic mass is 9.71. The van der Waals surface area contributed by atoms with E-state index in [0.29, 0.717) is 0 Å². The lowest BCUT2D eigenvalue weighted by Crippen LogP contribution is -2.52. The van der Waals surface area contributed by atoms with Crippen molar-refractivity contribution < 1.29 is 9.53 Å². The Morgan fingerprint density at radius 1 is 1.47 bits per heavy atom. The van der Waals surface area contributed by atoms with Crippen molar-refractivity contribution in [3.8, 4) is 0 Å². The van der Waals surface area contributed by atoms with Gasteiger partial charge in [0.25, 0.3) is 0 Å². The van der Waals surface area contributed by atoms with Crippen molar-refractivity contribution in [3.63, 3.8) is 0 Å². The van der Waals surface area contributed by atoms with Crippen molar-refractivity contribution >= 4 is 6.29 Å². The summed E-state index contributed by atoms with van der Waals surface area (Å²) in [5.74, 6) is -0.129. The molecular weight excluding hydrogens is 214 g/mol. The molecule has 2 atom stereocenters. The number of carbonyl (C=O) groups is 1. The number of aldehydes is 1. The van der Waals surface area contributed by atoms with E-state index in [-0.39, 0.29) is 17.4 Å². The first-order valence-corrected chi connectivity index (χ1v) is 6.21. The van der Waals surface area contributed by atoms with Crippen molar-refractivity contribution in [2.45, 2.75) is 19.9 Å². The molecule has 1 aliphatic carbocycles. The Morgan fingerprint density at radius 2 is 2.12 bits per heavy atom. The molecule has 1 aliphatic heterocycles. The third-order valence-corrected chi connectivity index (χ3v) is 3.77. The molecule has 3 nitrogen and oxygen atoms in total. The lowest BCUT2D eigenvalue weighted by molar-refractivity contribution is -0.109. The van der Waals surface area contributed by atoms with Gasteiger partial charge < -0.3 is 9.53 Å². The maximum absolute atomic E-state index is 11.1. The summed E-state index contributed by atoms with van der Waals surface area (Å²) in [5.41, 5.74) is 1.06. The third-order valence-electron chi connectivity index (χ3n) is 3.77. The van der Waals surface area contributed by atoms with E-state index < -0.39 is 0 Å². The molecule has 17 heavy (non-hydrogen) atoms. The molecule has 1 saturated heterocycles. The van der Waals surface area contributed by atoms with E-state index in [1.54, 1.807) is 0 Å². The van der Waals surface area contributed by atoms with E-state index in [2.05, 4.69) is 31.4 Å². The summed E-state index contributed by atoms with van der Waals surface area (Å²) in [5, 5.41) is 0. The van der Waals surface area contributed by atoms with Crippen molar-refractivity contribution in [1.29, 1.82) is 0 Å². The first kappa shape index (κ1) is 12.5. The van der Waals surface area contributed by atoms with Crippen LogP contribution in [-0.4, -0.2) is 43.5 Å². The molecule has 94 valence electrons. The van der Waals surface area contributed by atoms with Crippen LogP contribution in [0.1, 0.15) is 13.8 Å². The molecule has 2 rings (SSSR count). The second kappa shape index (κ2) is 4.75. The quantitative estimate of drug-likeness (QED) is 0.538. The topological polar surface area (TPSA) is 29.5 Å². The molecule has 0 radical (unpaired) electrons. The molecule has 2 unspecified atom stereocenters. The Hall–Kier alpha value is -0.930. The predicted molar refractivity (Wildman–Crippen MR) is 67.8 cm³/mol. The molecule has 1 fully saturated rings. The highest BCUT2D eigenvalue weighted by Crippen LogP contribution is 2.38. The summed E-state index contributed by atoms with van der Waals surface area (Å²) in [7, 11) is 0. The second-order valence-electron chi connectivity index (χ2n) is 5.47. The van der Waals surface area contributed by atoms with Crippen LogP contribution in [0.25, 0.3) is 0 Å². The van der Waals surface area contributed by atoms with Gasteiger partial charge in [-0.3, -0.25) is 4.90 Å². The molecule has 0 aromatic heterocycles. The number of hydrogen-bond donors (Lipinski definition) is 0. The average Bonchev–Trinajstić information content (AvgIpc) is 2.30. The standard InChI is InChI=1S/C14H21NO2/c1-11-12(10-16)4-5-14(2,3)13(11)15-6-8-17-9-7-15/h4-5,10,12-13H,1,6-9H2,2-3H3. The van der Waals surface area contributed by atoms with Crippen LogP contribution < -0.4 is 0 Å². The van der Waals surface area contributed by atoms with Gasteiger partial charge in [-0.25, -0.2) is 0 Å². The summed E-state index contributed by atoms with van der Waals surface area (Å²) in [6, 6.07) is 0.242. The van der Waals surface area contributed by atoms with Gasteiger partial charge in [-0.2, -0.15) is 0 Å². The van der Waals surface area contributed by atoms with Crippen LogP contribution in [0.5, 0.6) is 0 Å². The van der Waals surface area contributed by atoms with E-state index in [9.17, 15) is 4.79 Å². The number of ether oxygens (including phenoxy) is 1. The summed E-state index contributed by atoms with van der Waals surface area (Å²) in [4.78, 5) is 13.4. The zero-order valence-electron chi connectivity index (χ0n) is 10.7. The molecule has 2 aliphatic rings. The van der Waals surface area contributed by atoms with Gasteiger partial charge in [0, 0.05) is 24.5 Å². The van der Waals surface area contributed by atoms with E-state index in [0.717, 1.165) is 38.2 Å². The highest BCUT2D eigenvalue weighted by Gasteiger charge is 2.39. The Kier molecular flexibility index (Phi) is 3.50. The normalized spacial score (nSPS) is 33.6. The maximum atomic E-state index is 11.1. The largest absolute Gasteiger partial charge is 0.379 e. The zero-order chi connectivity index (χ0) is 12.5. The monoisotopic (exact) mass is 235 g/mol. The van der Waals surface area contributed by atoms with Gasteiger partial charge in [-0.15, -0.1) is 0 Å². The Labute approximate surface area is 103 Å². The van der Waals surface area contributed by atoms with E-state index in [1.165, 1.54) is 0 Å². The van der Waals surface area contributed by atoms with Gasteiger partial charge in [0.15, 0.2) is 0 Å². The van der Waals surface area contributed by atoms with Gasteiger partial charge >= 0.3 is 0 Å². The summed E-state index contributed by atoms with van der Waals surface area (Å²) in [6.07, 6.45) is 5.12. The van der Waals surface area contributed by atoms with Crippen LogP contribution in [0, 0.1) is 11.3 Å². The van der Waals surface area contributed by atoms with E-state index in [4.69, 9.17) is 4.74 Å². The fourth-order valence-corrected chi connectivity index (χ4v) is 2.90. The SMILES string of the molecule is C=C1C(C=O)C=CC(C)(C)C1N1CCOCC1. The summed E-state index contributed by atoms with van der Waals surface area (Å²) >= 11 is 0. The molecule has 0 aromatic carbocycles. The minimum Gasteiger partial charge on any atom is -0.379 e. The minimum atomic E-state index is -0.129. The van der Waals surface area contributed by atoms with Crippen molar-refractivity contribution in [2.75, 3.05) is 26.3 Å². The van der Waals surface area contributed by atoms with Crippen LogP contribution >= 0.6 is 0 Å². The van der Waals surface area contributed by atoms with Crippen LogP contribution in [0.3, 0.4) is 0 Å². The van der Waals surface area contributed by atoms with Crippen LogP contribution in [0.2, 0.25) is 0 Å². The lowest BCUT2D eigenvalue weighted by Gasteiger charge is -2.46. The number of rotatable bonds is 2. The maximum Gasteiger partial charge on any atom is 0.130 e. The van der Waals surface area contributed by atoms with Gasteiger partial charge in [-0.05, 0) is 5.57 Å². The number of carbonyl (C=O) groups excluding carboxylic acids is 1. The smallest absolute Gasteiger partial charge is 0.130 e. The van der Waals surface area contributed by atoms with Crippen molar-refractivity contribution in [1.82, 2.24) is 4.90 Å². The average molecular weight is 235 g/mol. The molecule has 0 N–H and O–H groups in total. The van der Waals surface area contributed by atoms with Crippen molar-refractivity contribution in [2.24, 2.45) is 11.3 Å². The molecule has 0 bridgehead atoms. The van der Waals surface area contributed by atoms with Gasteiger partial charge in [0.2, 0.25) is 0 Å². The fraction of sp³-hybridized carbons (Fsp3) is 0.643. The summed E-state index contributed by atoms with van der Waals surface area (Å²) in [6.45, 7) is 12.0. The highest BCUT2D eigenvalue weighted by atomic mass is 16.5. The van der Waals surface area contributed by atoms with E-state index >= 15 is 0 Å². The molecule has 0 aromatic rings. The first-order chi connectivity index (χ1) is 8.06. The number of hydrogen-bond acceptors (Lipinski definition) is 3. The number of nitrogens with zero attached hydrogens (tertiary/aromatic N) is 1. The summed E-state index contributed by atoms with van der Waals surface area (Å²) < 4.78 is 5.39. The molecule has 0 spiro atoms.